The maximum absolute atomic E-state index is 13.5. The molecule has 0 radical (unpaired) electrons. The number of nitrogens with zero attached hydrogens (tertiary/aromatic N) is 1. The van der Waals surface area contributed by atoms with Gasteiger partial charge in [0.25, 0.3) is 5.78 Å². The van der Waals surface area contributed by atoms with Crippen LogP contribution in [-0.4, -0.2) is 65.0 Å². The van der Waals surface area contributed by atoms with Gasteiger partial charge in [-0.05, 0) is 45.1 Å². The van der Waals surface area contributed by atoms with Crippen molar-refractivity contribution < 1.29 is 37.1 Å². The van der Waals surface area contributed by atoms with E-state index in [1.807, 2.05) is 0 Å². The number of alkyl halides is 3. The van der Waals surface area contributed by atoms with Gasteiger partial charge in [0.2, 0.25) is 11.8 Å². The van der Waals surface area contributed by atoms with Crippen LogP contribution < -0.4 is 10.6 Å². The molecule has 36 heavy (non-hydrogen) atoms. The highest BCUT2D eigenvalue weighted by molar-refractivity contribution is 5.96. The molecule has 1 aliphatic heterocycles. The lowest BCUT2D eigenvalue weighted by atomic mass is 9.98. The number of nitrogens with one attached hydrogen (secondary N) is 2. The van der Waals surface area contributed by atoms with Crippen molar-refractivity contribution in [2.75, 3.05) is 6.54 Å². The van der Waals surface area contributed by atoms with Crippen molar-refractivity contribution in [3.8, 4) is 0 Å². The zero-order chi connectivity index (χ0) is 27.3. The highest BCUT2D eigenvalue weighted by Crippen LogP contribution is 2.24. The van der Waals surface area contributed by atoms with Crippen molar-refractivity contribution in [3.05, 3.63) is 35.9 Å². The number of carbonyl (C=O) groups is 4. The molecule has 0 bridgehead atoms. The zero-order valence-electron chi connectivity index (χ0n) is 21.1. The zero-order valence-corrected chi connectivity index (χ0v) is 21.1. The second kappa shape index (κ2) is 11.7. The summed E-state index contributed by atoms with van der Waals surface area (Å²) >= 11 is 0. The highest BCUT2D eigenvalue weighted by Gasteiger charge is 2.46. The van der Waals surface area contributed by atoms with Gasteiger partial charge < -0.3 is 20.3 Å². The number of ether oxygens (including phenoxy) is 1. The summed E-state index contributed by atoms with van der Waals surface area (Å²) in [7, 11) is 0. The average Bonchev–Trinajstić information content (AvgIpc) is 3.24. The molecule has 1 aromatic carbocycles. The van der Waals surface area contributed by atoms with Gasteiger partial charge in [-0.25, -0.2) is 4.79 Å². The summed E-state index contributed by atoms with van der Waals surface area (Å²) in [6.07, 6.45) is -5.15. The molecule has 1 aliphatic rings. The topological polar surface area (TPSA) is 105 Å². The van der Waals surface area contributed by atoms with Gasteiger partial charge in [0.05, 0.1) is 6.04 Å². The Labute approximate surface area is 208 Å². The second-order valence-electron chi connectivity index (χ2n) is 10.2. The van der Waals surface area contributed by atoms with Crippen molar-refractivity contribution in [3.63, 3.8) is 0 Å². The Morgan fingerprint density at radius 3 is 2.19 bits per heavy atom. The van der Waals surface area contributed by atoms with E-state index in [0.717, 1.165) is 5.56 Å². The molecule has 200 valence electrons. The molecule has 1 heterocycles. The SMILES string of the molecule is CC(C)[C@H](NC(=O)[C@@H]1CCCN1C(=O)[C@H](Cc1ccccc1)NC(=O)OC(C)(C)C)C(=O)C(F)(F)F. The van der Waals surface area contributed by atoms with Crippen LogP contribution in [0.2, 0.25) is 0 Å². The Bertz CT molecular complexity index is 944. The van der Waals surface area contributed by atoms with Gasteiger partial charge in [0.1, 0.15) is 17.7 Å². The van der Waals surface area contributed by atoms with Crippen molar-refractivity contribution >= 4 is 23.7 Å². The maximum atomic E-state index is 13.5. The number of hydrogen-bond acceptors (Lipinski definition) is 5. The molecule has 1 fully saturated rings. The van der Waals surface area contributed by atoms with Gasteiger partial charge >= 0.3 is 12.3 Å². The lowest BCUT2D eigenvalue weighted by Gasteiger charge is -2.31. The number of benzene rings is 1. The molecule has 2 rings (SSSR count). The van der Waals surface area contributed by atoms with Crippen LogP contribution in [0, 0.1) is 5.92 Å². The summed E-state index contributed by atoms with van der Waals surface area (Å²) in [5.41, 5.74) is -0.0556. The van der Waals surface area contributed by atoms with Gasteiger partial charge in [-0.2, -0.15) is 13.2 Å². The number of likely N-dealkylation sites (tertiary alicyclic amines) is 1. The Kier molecular flexibility index (Phi) is 9.51. The average molecular weight is 514 g/mol. The Balaban J connectivity index is 2.24. The molecular weight excluding hydrogens is 479 g/mol. The summed E-state index contributed by atoms with van der Waals surface area (Å²) in [5, 5.41) is 4.76. The van der Waals surface area contributed by atoms with E-state index >= 15 is 0 Å². The summed E-state index contributed by atoms with van der Waals surface area (Å²) in [4.78, 5) is 52.0. The van der Waals surface area contributed by atoms with Crippen molar-refractivity contribution in [1.82, 2.24) is 15.5 Å². The fourth-order valence-electron chi connectivity index (χ4n) is 3.96. The van der Waals surface area contributed by atoms with Crippen LogP contribution in [0.15, 0.2) is 30.3 Å². The first-order valence-electron chi connectivity index (χ1n) is 11.9. The van der Waals surface area contributed by atoms with Crippen molar-refractivity contribution in [2.24, 2.45) is 5.92 Å². The first kappa shape index (κ1) is 29.1. The standard InChI is InChI=1S/C25H34F3N3O5/c1-15(2)19(20(32)25(26,27)28)30-21(33)18-12-9-13-31(18)22(34)17(14-16-10-7-6-8-11-16)29-23(35)36-24(3,4)5/h6-8,10-11,15,17-19H,9,12-14H2,1-5H3,(H,29,35)(H,30,33)/t17-,18-,19-/m0/s1. The first-order chi connectivity index (χ1) is 16.6. The summed E-state index contributed by atoms with van der Waals surface area (Å²) in [6.45, 7) is 8.00. The van der Waals surface area contributed by atoms with Gasteiger partial charge in [0.15, 0.2) is 0 Å². The number of carbonyl (C=O) groups excluding carboxylic acids is 4. The Morgan fingerprint density at radius 2 is 1.67 bits per heavy atom. The number of Topliss-reactive ketones (excluding diaryl/α,β-unsaturated/α-hetero) is 1. The van der Waals surface area contributed by atoms with E-state index in [-0.39, 0.29) is 19.4 Å². The molecule has 0 unspecified atom stereocenters. The van der Waals surface area contributed by atoms with Crippen LogP contribution in [0.5, 0.6) is 0 Å². The van der Waals surface area contributed by atoms with Crippen LogP contribution in [0.1, 0.15) is 53.0 Å². The van der Waals surface area contributed by atoms with E-state index < -0.39 is 59.5 Å². The van der Waals surface area contributed by atoms with Crippen LogP contribution in [0.4, 0.5) is 18.0 Å². The number of alkyl carbamates (subject to hydrolysis) is 1. The van der Waals surface area contributed by atoms with Gasteiger partial charge in [0, 0.05) is 13.0 Å². The van der Waals surface area contributed by atoms with E-state index in [1.165, 1.54) is 18.7 Å². The first-order valence-corrected chi connectivity index (χ1v) is 11.9. The molecule has 0 aromatic heterocycles. The predicted octanol–water partition coefficient (Wildman–Crippen LogP) is 3.39. The van der Waals surface area contributed by atoms with E-state index in [1.54, 1.807) is 51.1 Å². The molecule has 2 N–H and O–H groups in total. The molecule has 1 saturated heterocycles. The van der Waals surface area contributed by atoms with E-state index in [4.69, 9.17) is 4.74 Å². The molecule has 1 aromatic rings. The van der Waals surface area contributed by atoms with Crippen LogP contribution in [-0.2, 0) is 25.5 Å². The second-order valence-corrected chi connectivity index (χ2v) is 10.2. The normalized spacial score (nSPS) is 17.9. The smallest absolute Gasteiger partial charge is 0.444 e. The molecule has 3 atom stereocenters. The fourth-order valence-corrected chi connectivity index (χ4v) is 3.96. The van der Waals surface area contributed by atoms with Crippen molar-refractivity contribution in [2.45, 2.75) is 83.8 Å². The van der Waals surface area contributed by atoms with Gasteiger partial charge in [-0.3, -0.25) is 14.4 Å². The minimum absolute atomic E-state index is 0.116. The van der Waals surface area contributed by atoms with E-state index in [9.17, 15) is 32.3 Å². The highest BCUT2D eigenvalue weighted by atomic mass is 19.4. The Morgan fingerprint density at radius 1 is 1.06 bits per heavy atom. The van der Waals surface area contributed by atoms with Crippen LogP contribution in [0.3, 0.4) is 0 Å². The van der Waals surface area contributed by atoms with Gasteiger partial charge in [-0.15, -0.1) is 0 Å². The molecule has 11 heteroatoms. The minimum atomic E-state index is -5.11. The molecule has 3 amide bonds. The largest absolute Gasteiger partial charge is 0.452 e. The third-order valence-electron chi connectivity index (χ3n) is 5.64. The molecule has 0 saturated carbocycles. The summed E-state index contributed by atoms with van der Waals surface area (Å²) in [6, 6.07) is 5.00. The maximum Gasteiger partial charge on any atom is 0.452 e. The number of rotatable bonds is 8. The molecular formula is C25H34F3N3O5. The van der Waals surface area contributed by atoms with Crippen LogP contribution >= 0.6 is 0 Å². The number of halogens is 3. The number of ketones is 1. The molecule has 8 nitrogen and oxygen atoms in total. The Hall–Kier alpha value is -3.11. The number of hydrogen-bond donors (Lipinski definition) is 2. The molecule has 0 aliphatic carbocycles. The monoisotopic (exact) mass is 513 g/mol. The lowest BCUT2D eigenvalue weighted by molar-refractivity contribution is -0.175. The van der Waals surface area contributed by atoms with Gasteiger partial charge in [-0.1, -0.05) is 44.2 Å². The van der Waals surface area contributed by atoms with Crippen LogP contribution in [0.25, 0.3) is 0 Å². The lowest BCUT2D eigenvalue weighted by Crippen LogP contribution is -2.57. The third kappa shape index (κ3) is 8.23. The molecule has 0 spiro atoms. The summed E-state index contributed by atoms with van der Waals surface area (Å²) in [5.74, 6) is -4.26. The van der Waals surface area contributed by atoms with E-state index in [0.29, 0.717) is 6.42 Å². The summed E-state index contributed by atoms with van der Waals surface area (Å²) < 4.78 is 44.4. The predicted molar refractivity (Wildman–Crippen MR) is 126 cm³/mol. The number of amides is 3. The van der Waals surface area contributed by atoms with E-state index in [2.05, 4.69) is 10.6 Å². The minimum Gasteiger partial charge on any atom is -0.444 e. The third-order valence-corrected chi connectivity index (χ3v) is 5.64. The quantitative estimate of drug-likeness (QED) is 0.555. The fraction of sp³-hybridized carbons (Fsp3) is 0.600. The van der Waals surface area contributed by atoms with Crippen molar-refractivity contribution in [1.29, 1.82) is 0 Å².